The molecule has 162 valence electrons. The molecule has 0 atom stereocenters. The van der Waals surface area contributed by atoms with Crippen LogP contribution in [0.4, 0.5) is 23.7 Å². The maximum absolute atomic E-state index is 12.8. The van der Waals surface area contributed by atoms with Gasteiger partial charge in [-0.3, -0.25) is 14.9 Å². The van der Waals surface area contributed by atoms with E-state index >= 15 is 0 Å². The molecule has 0 unspecified atom stereocenters. The first-order valence-corrected chi connectivity index (χ1v) is 9.14. The van der Waals surface area contributed by atoms with Gasteiger partial charge in [0.05, 0.1) is 5.69 Å². The number of alkyl halides is 3. The lowest BCUT2D eigenvalue weighted by Crippen LogP contribution is -2.54. The van der Waals surface area contributed by atoms with Crippen molar-refractivity contribution in [3.8, 4) is 17.1 Å². The quantitative estimate of drug-likeness (QED) is 0.474. The van der Waals surface area contributed by atoms with Gasteiger partial charge in [0.15, 0.2) is 0 Å². The van der Waals surface area contributed by atoms with Crippen molar-refractivity contribution in [1.29, 1.82) is 0 Å². The van der Waals surface area contributed by atoms with E-state index in [0.717, 1.165) is 17.0 Å². The van der Waals surface area contributed by atoms with Gasteiger partial charge in [0, 0.05) is 5.56 Å². The number of rotatable bonds is 4. The van der Waals surface area contributed by atoms with E-state index in [0.29, 0.717) is 5.56 Å². The predicted octanol–water partition coefficient (Wildman–Crippen LogP) is 4.51. The molecule has 1 aromatic heterocycles. The Morgan fingerprint density at radius 2 is 1.59 bits per heavy atom. The maximum atomic E-state index is 12.8. The number of furan rings is 1. The fraction of sp³-hybridized carbons (Fsp3) is 0.0455. The largest absolute Gasteiger partial charge is 0.573 e. The van der Waals surface area contributed by atoms with Crippen LogP contribution in [0.5, 0.6) is 5.75 Å². The number of amides is 4. The fourth-order valence-electron chi connectivity index (χ4n) is 3.02. The van der Waals surface area contributed by atoms with Gasteiger partial charge in [-0.05, 0) is 54.6 Å². The van der Waals surface area contributed by atoms with Crippen molar-refractivity contribution in [3.63, 3.8) is 0 Å². The first kappa shape index (κ1) is 20.9. The summed E-state index contributed by atoms with van der Waals surface area (Å²) in [7, 11) is 0. The Kier molecular flexibility index (Phi) is 5.27. The smallest absolute Gasteiger partial charge is 0.457 e. The lowest BCUT2D eigenvalue weighted by atomic mass is 10.1. The fourth-order valence-corrected chi connectivity index (χ4v) is 3.02. The summed E-state index contributed by atoms with van der Waals surface area (Å²) < 4.78 is 46.3. The van der Waals surface area contributed by atoms with Crippen LogP contribution in [-0.2, 0) is 9.59 Å². The number of urea groups is 1. The van der Waals surface area contributed by atoms with E-state index in [4.69, 9.17) is 4.42 Å². The number of anilines is 1. The van der Waals surface area contributed by atoms with Gasteiger partial charge in [-0.1, -0.05) is 18.2 Å². The summed E-state index contributed by atoms with van der Waals surface area (Å²) >= 11 is 0. The molecule has 7 nitrogen and oxygen atoms in total. The summed E-state index contributed by atoms with van der Waals surface area (Å²) in [4.78, 5) is 38.0. The summed E-state index contributed by atoms with van der Waals surface area (Å²) in [6.07, 6.45) is -3.61. The number of halogens is 3. The van der Waals surface area contributed by atoms with Crippen LogP contribution in [0.25, 0.3) is 17.4 Å². The van der Waals surface area contributed by atoms with Crippen molar-refractivity contribution in [2.24, 2.45) is 0 Å². The van der Waals surface area contributed by atoms with Crippen LogP contribution in [0.1, 0.15) is 5.76 Å². The number of ether oxygens (including phenoxy) is 1. The summed E-state index contributed by atoms with van der Waals surface area (Å²) in [5.41, 5.74) is 0.419. The molecular weight excluding hydrogens is 429 g/mol. The molecule has 1 saturated heterocycles. The van der Waals surface area contributed by atoms with E-state index in [-0.39, 0.29) is 28.5 Å². The van der Waals surface area contributed by atoms with Crippen molar-refractivity contribution in [2.75, 3.05) is 4.90 Å². The molecule has 1 aliphatic heterocycles. The molecule has 0 radical (unpaired) electrons. The highest BCUT2D eigenvalue weighted by Gasteiger charge is 2.37. The third-order valence-corrected chi connectivity index (χ3v) is 4.40. The number of para-hydroxylation sites is 1. The topological polar surface area (TPSA) is 88.9 Å². The minimum absolute atomic E-state index is 0.136. The molecule has 4 amide bonds. The second-order valence-corrected chi connectivity index (χ2v) is 6.57. The molecule has 0 saturated carbocycles. The van der Waals surface area contributed by atoms with Crippen molar-refractivity contribution < 1.29 is 36.7 Å². The Hall–Kier alpha value is -4.34. The number of nitrogens with one attached hydrogen (secondary N) is 1. The van der Waals surface area contributed by atoms with Crippen LogP contribution in [0.3, 0.4) is 0 Å². The minimum Gasteiger partial charge on any atom is -0.457 e. The summed E-state index contributed by atoms with van der Waals surface area (Å²) in [5.74, 6) is -1.66. The third kappa shape index (κ3) is 4.38. The number of hydrogen-bond acceptors (Lipinski definition) is 5. The van der Waals surface area contributed by atoms with E-state index in [9.17, 15) is 27.6 Å². The number of barbiturate groups is 1. The zero-order valence-electron chi connectivity index (χ0n) is 16.1. The van der Waals surface area contributed by atoms with Crippen LogP contribution in [-0.4, -0.2) is 24.2 Å². The highest BCUT2D eigenvalue weighted by Crippen LogP contribution is 2.29. The summed E-state index contributed by atoms with van der Waals surface area (Å²) in [6, 6.07) is 15.2. The Labute approximate surface area is 178 Å². The molecule has 2 aromatic carbocycles. The summed E-state index contributed by atoms with van der Waals surface area (Å²) in [5, 5.41) is 2.10. The number of imide groups is 2. The Bertz CT molecular complexity index is 1210. The number of hydrogen-bond donors (Lipinski definition) is 1. The zero-order chi connectivity index (χ0) is 22.9. The van der Waals surface area contributed by atoms with Crippen LogP contribution in [0.15, 0.2) is 76.7 Å². The molecule has 0 bridgehead atoms. The summed E-state index contributed by atoms with van der Waals surface area (Å²) in [6.45, 7) is 0. The Morgan fingerprint density at radius 1 is 0.906 bits per heavy atom. The lowest BCUT2D eigenvalue weighted by Gasteiger charge is -2.26. The van der Waals surface area contributed by atoms with Gasteiger partial charge >= 0.3 is 12.4 Å². The van der Waals surface area contributed by atoms with Crippen molar-refractivity contribution in [2.45, 2.75) is 6.36 Å². The van der Waals surface area contributed by atoms with E-state index in [1.54, 1.807) is 30.3 Å². The first-order chi connectivity index (χ1) is 15.2. The molecular formula is C22H13F3N2O5. The number of carbonyl (C=O) groups is 3. The van der Waals surface area contributed by atoms with Crippen LogP contribution >= 0.6 is 0 Å². The predicted molar refractivity (Wildman–Crippen MR) is 106 cm³/mol. The van der Waals surface area contributed by atoms with E-state index < -0.39 is 24.2 Å². The molecule has 0 spiro atoms. The van der Waals surface area contributed by atoms with Crippen LogP contribution < -0.4 is 15.0 Å². The Balaban J connectivity index is 1.58. The van der Waals surface area contributed by atoms with Crippen LogP contribution in [0.2, 0.25) is 0 Å². The van der Waals surface area contributed by atoms with Crippen molar-refractivity contribution >= 4 is 29.6 Å². The zero-order valence-corrected chi connectivity index (χ0v) is 16.1. The minimum atomic E-state index is -4.80. The van der Waals surface area contributed by atoms with Gasteiger partial charge in [0.2, 0.25) is 0 Å². The second-order valence-electron chi connectivity index (χ2n) is 6.57. The SMILES string of the molecule is O=C1NC(=O)N(c2ccccc2)C(=O)C1=Cc1ccc(-c2ccc(OC(F)(F)F)cc2)o1. The van der Waals surface area contributed by atoms with Crippen molar-refractivity contribution in [3.05, 3.63) is 78.1 Å². The average molecular weight is 442 g/mol. The molecule has 2 heterocycles. The van der Waals surface area contributed by atoms with E-state index in [1.807, 2.05) is 0 Å². The Morgan fingerprint density at radius 3 is 2.25 bits per heavy atom. The van der Waals surface area contributed by atoms with E-state index in [2.05, 4.69) is 10.1 Å². The first-order valence-electron chi connectivity index (χ1n) is 9.14. The second kappa shape index (κ2) is 8.06. The normalized spacial score (nSPS) is 15.8. The van der Waals surface area contributed by atoms with Gasteiger partial charge in [-0.2, -0.15) is 0 Å². The molecule has 1 aliphatic rings. The van der Waals surface area contributed by atoms with Gasteiger partial charge in [-0.25, -0.2) is 9.69 Å². The molecule has 32 heavy (non-hydrogen) atoms. The van der Waals surface area contributed by atoms with Crippen molar-refractivity contribution in [1.82, 2.24) is 5.32 Å². The number of nitrogens with zero attached hydrogens (tertiary/aromatic N) is 1. The monoisotopic (exact) mass is 442 g/mol. The van der Waals surface area contributed by atoms with Crippen LogP contribution in [0, 0.1) is 0 Å². The molecule has 3 aromatic rings. The van der Waals surface area contributed by atoms with E-state index in [1.165, 1.54) is 30.3 Å². The number of benzene rings is 2. The average Bonchev–Trinajstić information content (AvgIpc) is 3.20. The lowest BCUT2D eigenvalue weighted by molar-refractivity contribution is -0.274. The van der Waals surface area contributed by atoms with Gasteiger partial charge in [0.25, 0.3) is 11.8 Å². The highest BCUT2D eigenvalue weighted by molar-refractivity contribution is 6.39. The standard InChI is InChI=1S/C22H13F3N2O5/c23-22(24,25)32-15-8-6-13(7-9-15)18-11-10-16(31-18)12-17-19(28)26-21(30)27(20(17)29)14-4-2-1-3-5-14/h1-12H,(H,26,28,30). The third-order valence-electron chi connectivity index (χ3n) is 4.40. The van der Waals surface area contributed by atoms with Gasteiger partial charge < -0.3 is 9.15 Å². The molecule has 1 fully saturated rings. The molecule has 0 aliphatic carbocycles. The number of carbonyl (C=O) groups excluding carboxylic acids is 3. The molecule has 1 N–H and O–H groups in total. The highest BCUT2D eigenvalue weighted by atomic mass is 19.4. The van der Waals surface area contributed by atoms with Gasteiger partial charge in [-0.15, -0.1) is 13.2 Å². The molecule has 10 heteroatoms. The maximum Gasteiger partial charge on any atom is 0.573 e. The molecule has 4 rings (SSSR count). The van der Waals surface area contributed by atoms with Gasteiger partial charge in [0.1, 0.15) is 22.8 Å².